The lowest BCUT2D eigenvalue weighted by Crippen LogP contribution is -2.33. The number of hydrogen-bond acceptors (Lipinski definition) is 5. The molecule has 29 heavy (non-hydrogen) atoms. The molecule has 0 aromatic heterocycles. The van der Waals surface area contributed by atoms with Crippen molar-refractivity contribution in [3.63, 3.8) is 0 Å². The molecule has 156 valence electrons. The number of thioether (sulfide) groups is 1. The van der Waals surface area contributed by atoms with E-state index < -0.39 is 6.10 Å². The highest BCUT2D eigenvalue weighted by molar-refractivity contribution is 7.99. The minimum Gasteiger partial charge on any atom is -0.394 e. The first-order valence-corrected chi connectivity index (χ1v) is 11.3. The first-order chi connectivity index (χ1) is 14.1. The summed E-state index contributed by atoms with van der Waals surface area (Å²) in [6.07, 6.45) is 0.543. The van der Waals surface area contributed by atoms with Gasteiger partial charge < -0.3 is 14.9 Å². The van der Waals surface area contributed by atoms with Crippen LogP contribution in [0.1, 0.15) is 62.0 Å². The van der Waals surface area contributed by atoms with Gasteiger partial charge in [0, 0.05) is 17.7 Å². The average molecular weight is 414 g/mol. The van der Waals surface area contributed by atoms with Gasteiger partial charge in [0.15, 0.2) is 0 Å². The van der Waals surface area contributed by atoms with Crippen molar-refractivity contribution in [2.45, 2.75) is 63.2 Å². The third-order valence-corrected chi connectivity index (χ3v) is 5.73. The predicted molar refractivity (Wildman–Crippen MR) is 118 cm³/mol. The lowest BCUT2D eigenvalue weighted by molar-refractivity contribution is -0.113. The zero-order valence-electron chi connectivity index (χ0n) is 17.5. The van der Waals surface area contributed by atoms with Crippen LogP contribution in [0.3, 0.4) is 0 Å². The second kappa shape index (κ2) is 12.0. The zero-order valence-corrected chi connectivity index (χ0v) is 18.3. The Kier molecular flexibility index (Phi) is 9.69. The highest BCUT2D eigenvalue weighted by atomic mass is 32.2. The molecule has 2 aromatic carbocycles. The third-order valence-electron chi connectivity index (χ3n) is 4.83. The van der Waals surface area contributed by atoms with E-state index in [1.807, 2.05) is 43.8 Å². The standard InChI is InChI=1S/C22H25NO3S.C2H6/c1-2-27-21-7-3-15(4-8-21)9-18-10-16(5-6-17(18)13-23)22-12-19(25)11-20(14-24)26-22;1-2/h3-8,10,19-20,22,24-25H,2,9,11-12,14H2,1H3;1-2H3/t19-,20-,22+;/m0./s1. The Labute approximate surface area is 178 Å². The quantitative estimate of drug-likeness (QED) is 0.662. The molecule has 1 aliphatic heterocycles. The van der Waals surface area contributed by atoms with Gasteiger partial charge in [0.1, 0.15) is 0 Å². The summed E-state index contributed by atoms with van der Waals surface area (Å²) in [5.41, 5.74) is 3.71. The van der Waals surface area contributed by atoms with Crippen LogP contribution >= 0.6 is 11.8 Å². The molecule has 1 heterocycles. The van der Waals surface area contributed by atoms with E-state index >= 15 is 0 Å². The van der Waals surface area contributed by atoms with Crippen LogP contribution < -0.4 is 0 Å². The van der Waals surface area contributed by atoms with E-state index in [2.05, 4.69) is 37.3 Å². The van der Waals surface area contributed by atoms with Crippen LogP contribution in [0.15, 0.2) is 47.4 Å². The van der Waals surface area contributed by atoms with E-state index in [0.717, 1.165) is 22.4 Å². The predicted octanol–water partition coefficient (Wildman–Crippen LogP) is 4.86. The number of nitriles is 1. The maximum atomic E-state index is 10.1. The number of benzene rings is 2. The fraction of sp³-hybridized carbons (Fsp3) is 0.458. The summed E-state index contributed by atoms with van der Waals surface area (Å²) in [6, 6.07) is 16.4. The molecule has 3 atom stereocenters. The van der Waals surface area contributed by atoms with Gasteiger partial charge in [0.05, 0.1) is 36.6 Å². The second-order valence-electron chi connectivity index (χ2n) is 6.84. The van der Waals surface area contributed by atoms with Crippen LogP contribution in [0.5, 0.6) is 0 Å². The smallest absolute Gasteiger partial charge is 0.0994 e. The molecule has 0 spiro atoms. The molecule has 0 aliphatic carbocycles. The van der Waals surface area contributed by atoms with Gasteiger partial charge in [-0.25, -0.2) is 0 Å². The Bertz CT molecular complexity index is 801. The summed E-state index contributed by atoms with van der Waals surface area (Å²) in [6.45, 7) is 6.04. The van der Waals surface area contributed by atoms with Gasteiger partial charge >= 0.3 is 0 Å². The van der Waals surface area contributed by atoms with Crippen molar-refractivity contribution in [1.29, 1.82) is 5.26 Å². The second-order valence-corrected chi connectivity index (χ2v) is 8.17. The van der Waals surface area contributed by atoms with Crippen LogP contribution in [0.2, 0.25) is 0 Å². The molecular formula is C24H31NO3S. The number of aliphatic hydroxyl groups is 2. The van der Waals surface area contributed by atoms with Gasteiger partial charge in [-0.05, 0) is 47.1 Å². The van der Waals surface area contributed by atoms with Crippen molar-refractivity contribution in [2.24, 2.45) is 0 Å². The van der Waals surface area contributed by atoms with Crippen molar-refractivity contribution in [3.05, 3.63) is 64.7 Å². The number of rotatable bonds is 6. The van der Waals surface area contributed by atoms with E-state index in [0.29, 0.717) is 24.8 Å². The Hall–Kier alpha value is -1.84. The minimum absolute atomic E-state index is 0.0984. The summed E-state index contributed by atoms with van der Waals surface area (Å²) in [5, 5.41) is 28.9. The fourth-order valence-electron chi connectivity index (χ4n) is 3.48. The lowest BCUT2D eigenvalue weighted by atomic mass is 9.92. The summed E-state index contributed by atoms with van der Waals surface area (Å²) in [4.78, 5) is 1.25. The molecule has 1 saturated heterocycles. The van der Waals surface area contributed by atoms with Gasteiger partial charge in [-0.15, -0.1) is 11.8 Å². The van der Waals surface area contributed by atoms with Gasteiger partial charge in [0.2, 0.25) is 0 Å². The molecule has 3 rings (SSSR count). The molecule has 2 N–H and O–H groups in total. The molecule has 0 saturated carbocycles. The SMILES string of the molecule is CC.CCSc1ccc(Cc2cc([C@H]3C[C@@H](O)C[C@@H](CO)O3)ccc2C#N)cc1. The molecule has 0 radical (unpaired) electrons. The molecule has 0 bridgehead atoms. The molecule has 0 unspecified atom stereocenters. The van der Waals surface area contributed by atoms with Crippen LogP contribution in [0.25, 0.3) is 0 Å². The summed E-state index contributed by atoms with van der Waals surface area (Å²) in [7, 11) is 0. The summed E-state index contributed by atoms with van der Waals surface area (Å²) < 4.78 is 5.92. The maximum absolute atomic E-state index is 10.1. The van der Waals surface area contributed by atoms with Crippen LogP contribution in [0, 0.1) is 11.3 Å². The highest BCUT2D eigenvalue weighted by Gasteiger charge is 2.29. The van der Waals surface area contributed by atoms with Crippen molar-refractivity contribution >= 4 is 11.8 Å². The van der Waals surface area contributed by atoms with Gasteiger partial charge in [-0.1, -0.05) is 45.0 Å². The summed E-state index contributed by atoms with van der Waals surface area (Å²) in [5.74, 6) is 1.04. The normalized spacial score (nSPS) is 21.0. The van der Waals surface area contributed by atoms with Crippen molar-refractivity contribution < 1.29 is 14.9 Å². The number of aliphatic hydroxyl groups excluding tert-OH is 2. The number of nitrogens with zero attached hydrogens (tertiary/aromatic N) is 1. The van der Waals surface area contributed by atoms with Gasteiger partial charge in [0.25, 0.3) is 0 Å². The zero-order chi connectivity index (χ0) is 21.2. The van der Waals surface area contributed by atoms with Crippen molar-refractivity contribution in [1.82, 2.24) is 0 Å². The minimum atomic E-state index is -0.483. The molecule has 0 amide bonds. The highest BCUT2D eigenvalue weighted by Crippen LogP contribution is 2.33. The fourth-order valence-corrected chi connectivity index (χ4v) is 4.14. The van der Waals surface area contributed by atoms with E-state index in [1.165, 1.54) is 4.90 Å². The largest absolute Gasteiger partial charge is 0.394 e. The van der Waals surface area contributed by atoms with Crippen molar-refractivity contribution in [3.8, 4) is 6.07 Å². The van der Waals surface area contributed by atoms with E-state index in [-0.39, 0.29) is 18.8 Å². The average Bonchev–Trinajstić information content (AvgIpc) is 2.76. The van der Waals surface area contributed by atoms with Crippen LogP contribution in [0.4, 0.5) is 0 Å². The Morgan fingerprint density at radius 3 is 2.48 bits per heavy atom. The van der Waals surface area contributed by atoms with E-state index in [9.17, 15) is 15.5 Å². The van der Waals surface area contributed by atoms with Crippen molar-refractivity contribution in [2.75, 3.05) is 12.4 Å². The first kappa shape index (κ1) is 23.4. The Morgan fingerprint density at radius 1 is 1.14 bits per heavy atom. The Balaban J connectivity index is 0.00000145. The molecule has 1 aliphatic rings. The molecule has 5 heteroatoms. The Morgan fingerprint density at radius 2 is 1.86 bits per heavy atom. The number of hydrogen-bond donors (Lipinski definition) is 2. The van der Waals surface area contributed by atoms with Crippen LogP contribution in [-0.2, 0) is 11.2 Å². The molecule has 4 nitrogen and oxygen atoms in total. The monoisotopic (exact) mass is 413 g/mol. The molecular weight excluding hydrogens is 382 g/mol. The van der Waals surface area contributed by atoms with Gasteiger partial charge in [-0.3, -0.25) is 0 Å². The van der Waals surface area contributed by atoms with Gasteiger partial charge in [-0.2, -0.15) is 5.26 Å². The van der Waals surface area contributed by atoms with E-state index in [4.69, 9.17) is 4.74 Å². The number of ether oxygens (including phenoxy) is 1. The molecule has 2 aromatic rings. The third kappa shape index (κ3) is 6.58. The first-order valence-electron chi connectivity index (χ1n) is 10.3. The maximum Gasteiger partial charge on any atom is 0.0994 e. The topological polar surface area (TPSA) is 73.5 Å². The van der Waals surface area contributed by atoms with Crippen LogP contribution in [-0.4, -0.2) is 34.8 Å². The molecule has 1 fully saturated rings. The summed E-state index contributed by atoms with van der Waals surface area (Å²) >= 11 is 1.81. The van der Waals surface area contributed by atoms with E-state index in [1.54, 1.807) is 0 Å². The lowest BCUT2D eigenvalue weighted by Gasteiger charge is -2.32.